The van der Waals surface area contributed by atoms with E-state index in [9.17, 15) is 14.4 Å². The largest absolute Gasteiger partial charge is 0.361 e. The van der Waals surface area contributed by atoms with Gasteiger partial charge < -0.3 is 25.0 Å². The van der Waals surface area contributed by atoms with E-state index < -0.39 is 6.04 Å². The van der Waals surface area contributed by atoms with Crippen LogP contribution >= 0.6 is 23.2 Å². The summed E-state index contributed by atoms with van der Waals surface area (Å²) in [7, 11) is 4.07. The first kappa shape index (κ1) is 32.1. The van der Waals surface area contributed by atoms with Crippen LogP contribution in [0.4, 0.5) is 10.5 Å². The van der Waals surface area contributed by atoms with Gasteiger partial charge in [-0.05, 0) is 98.9 Å². The predicted molar refractivity (Wildman–Crippen MR) is 184 cm³/mol. The number of urea groups is 1. The van der Waals surface area contributed by atoms with Gasteiger partial charge in [-0.1, -0.05) is 41.4 Å². The van der Waals surface area contributed by atoms with Gasteiger partial charge >= 0.3 is 6.03 Å². The maximum absolute atomic E-state index is 14.6. The molecule has 10 heteroatoms. The Hall–Kier alpha value is -3.85. The lowest BCUT2D eigenvalue weighted by atomic mass is 9.89. The van der Waals surface area contributed by atoms with Crippen molar-refractivity contribution < 1.29 is 14.4 Å². The normalized spacial score (nSPS) is 17.6. The minimum Gasteiger partial charge on any atom is -0.361 e. The lowest BCUT2D eigenvalue weighted by Gasteiger charge is -2.38. The fourth-order valence-electron chi connectivity index (χ4n) is 6.90. The van der Waals surface area contributed by atoms with E-state index in [2.05, 4.69) is 15.2 Å². The van der Waals surface area contributed by atoms with Crippen LogP contribution < -0.4 is 10.2 Å². The Morgan fingerprint density at radius 3 is 2.43 bits per heavy atom. The number of halogens is 2. The van der Waals surface area contributed by atoms with Gasteiger partial charge in [-0.2, -0.15) is 0 Å². The van der Waals surface area contributed by atoms with Crippen LogP contribution in [0.3, 0.4) is 0 Å². The number of H-pyrrole nitrogens is 1. The second-order valence-electron chi connectivity index (χ2n) is 12.8. The molecule has 4 aromatic rings. The lowest BCUT2D eigenvalue weighted by molar-refractivity contribution is -0.120. The average molecular weight is 661 g/mol. The second-order valence-corrected chi connectivity index (χ2v) is 13.6. The smallest absolute Gasteiger partial charge is 0.318 e. The van der Waals surface area contributed by atoms with E-state index in [1.165, 1.54) is 0 Å². The molecule has 0 spiro atoms. The van der Waals surface area contributed by atoms with Gasteiger partial charge in [0.25, 0.3) is 0 Å². The maximum Gasteiger partial charge on any atom is 0.318 e. The molecular weight excluding hydrogens is 621 g/mol. The quantitative estimate of drug-likeness (QED) is 0.213. The third kappa shape index (κ3) is 7.09. The molecule has 1 aromatic heterocycles. The molecule has 0 saturated carbocycles. The number of hydrogen-bond donors (Lipinski definition) is 2. The number of nitrogens with one attached hydrogen (secondary N) is 2. The molecule has 3 aromatic carbocycles. The summed E-state index contributed by atoms with van der Waals surface area (Å²) in [6, 6.07) is 19.5. The van der Waals surface area contributed by atoms with Gasteiger partial charge in [0.1, 0.15) is 6.04 Å². The Morgan fingerprint density at radius 2 is 1.70 bits per heavy atom. The minimum atomic E-state index is -0.804. The van der Waals surface area contributed by atoms with E-state index in [1.54, 1.807) is 29.2 Å². The summed E-state index contributed by atoms with van der Waals surface area (Å²) in [5.74, 6) is -0.0375. The van der Waals surface area contributed by atoms with Gasteiger partial charge in [-0.25, -0.2) is 4.79 Å². The van der Waals surface area contributed by atoms with Crippen LogP contribution in [0.1, 0.15) is 34.3 Å². The van der Waals surface area contributed by atoms with Crippen molar-refractivity contribution in [3.8, 4) is 0 Å². The number of hydrogen-bond acceptors (Lipinski definition) is 4. The number of likely N-dealkylation sites (tertiary alicyclic amines) is 1. The molecule has 0 bridgehead atoms. The lowest BCUT2D eigenvalue weighted by Crippen LogP contribution is -2.56. The van der Waals surface area contributed by atoms with Crippen molar-refractivity contribution in [2.24, 2.45) is 11.8 Å². The van der Waals surface area contributed by atoms with Gasteiger partial charge in [-0.3, -0.25) is 9.59 Å². The number of benzene rings is 3. The molecule has 2 aliphatic rings. The SMILES string of the molecule is CN(C)C[C@H]1Cc2cc(Cl)ccc2N(C(=O)[C@@H](Cc2c[nH]c3ccccc23)NC(=O)N2CCC(C(=O)c3ccc(Cl)cc3)CC2)C1. The molecule has 1 saturated heterocycles. The summed E-state index contributed by atoms with van der Waals surface area (Å²) in [4.78, 5) is 50.4. The van der Waals surface area contributed by atoms with Crippen LogP contribution in [0.5, 0.6) is 0 Å². The zero-order valence-electron chi connectivity index (χ0n) is 26.1. The Labute approximate surface area is 279 Å². The molecule has 0 unspecified atom stereocenters. The second kappa shape index (κ2) is 13.9. The Morgan fingerprint density at radius 1 is 0.978 bits per heavy atom. The Bertz CT molecular complexity index is 1730. The molecule has 46 heavy (non-hydrogen) atoms. The molecule has 6 rings (SSSR count). The predicted octanol–water partition coefficient (Wildman–Crippen LogP) is 6.46. The highest BCUT2D eigenvalue weighted by Crippen LogP contribution is 2.33. The van der Waals surface area contributed by atoms with Gasteiger partial charge in [0.05, 0.1) is 0 Å². The average Bonchev–Trinajstić information content (AvgIpc) is 3.46. The van der Waals surface area contributed by atoms with E-state index >= 15 is 0 Å². The molecule has 2 atom stereocenters. The molecule has 240 valence electrons. The van der Waals surface area contributed by atoms with Crippen molar-refractivity contribution in [2.75, 3.05) is 45.2 Å². The number of rotatable bonds is 8. The highest BCUT2D eigenvalue weighted by molar-refractivity contribution is 6.31. The van der Waals surface area contributed by atoms with Crippen molar-refractivity contribution in [3.05, 3.63) is 99.7 Å². The first-order valence-electron chi connectivity index (χ1n) is 15.8. The number of anilines is 1. The highest BCUT2D eigenvalue weighted by Gasteiger charge is 2.36. The van der Waals surface area contributed by atoms with E-state index in [0.717, 1.165) is 40.7 Å². The standard InChI is InChI=1S/C36H39Cl2N5O3/c1-41(2)21-23-17-26-18-29(38)11-12-33(26)43(22-23)35(45)32(19-27-20-39-31-6-4-3-5-30(27)31)40-36(46)42-15-13-25(14-16-42)34(44)24-7-9-28(37)10-8-24/h3-12,18,20,23,25,32,39H,13-17,19,21-22H2,1-2H3,(H,40,46)/t23-,32-/m1/s1. The number of para-hydroxylation sites is 1. The van der Waals surface area contributed by atoms with Crippen molar-refractivity contribution in [1.82, 2.24) is 20.1 Å². The van der Waals surface area contributed by atoms with Crippen LogP contribution in [-0.2, 0) is 17.6 Å². The Kier molecular flexibility index (Phi) is 9.68. The topological polar surface area (TPSA) is 88.8 Å². The number of amides is 3. The minimum absolute atomic E-state index is 0.0697. The maximum atomic E-state index is 14.6. The number of carbonyl (C=O) groups excluding carboxylic acids is 3. The first-order valence-corrected chi connectivity index (χ1v) is 16.6. The van der Waals surface area contributed by atoms with Crippen LogP contribution in [0.2, 0.25) is 10.0 Å². The van der Waals surface area contributed by atoms with Gasteiger partial charge in [0, 0.05) is 76.9 Å². The van der Waals surface area contributed by atoms with Crippen molar-refractivity contribution in [1.29, 1.82) is 0 Å². The summed E-state index contributed by atoms with van der Waals surface area (Å²) >= 11 is 12.4. The summed E-state index contributed by atoms with van der Waals surface area (Å²) in [5, 5.41) is 5.36. The number of carbonyl (C=O) groups is 3. The zero-order chi connectivity index (χ0) is 32.4. The number of aromatic amines is 1. The Balaban J connectivity index is 1.22. The van der Waals surface area contributed by atoms with Crippen LogP contribution in [-0.4, -0.2) is 78.8 Å². The van der Waals surface area contributed by atoms with Crippen LogP contribution in [0.25, 0.3) is 10.9 Å². The number of piperidine rings is 1. The molecular formula is C36H39Cl2N5O3. The summed E-state index contributed by atoms with van der Waals surface area (Å²) < 4.78 is 0. The molecule has 8 nitrogen and oxygen atoms in total. The van der Waals surface area contributed by atoms with Crippen molar-refractivity contribution in [3.63, 3.8) is 0 Å². The molecule has 0 radical (unpaired) electrons. The third-order valence-electron chi connectivity index (χ3n) is 9.15. The summed E-state index contributed by atoms with van der Waals surface area (Å²) in [6.07, 6.45) is 4.19. The summed E-state index contributed by atoms with van der Waals surface area (Å²) in [6.45, 7) is 2.22. The fourth-order valence-corrected chi connectivity index (χ4v) is 7.22. The van der Waals surface area contributed by atoms with Gasteiger partial charge in [0.2, 0.25) is 5.91 Å². The zero-order valence-corrected chi connectivity index (χ0v) is 27.7. The van der Waals surface area contributed by atoms with Gasteiger partial charge in [-0.15, -0.1) is 0 Å². The van der Waals surface area contributed by atoms with E-state index in [0.29, 0.717) is 54.5 Å². The molecule has 2 aliphatic heterocycles. The summed E-state index contributed by atoms with van der Waals surface area (Å²) in [5.41, 5.74) is 4.44. The number of nitrogens with zero attached hydrogens (tertiary/aromatic N) is 3. The third-order valence-corrected chi connectivity index (χ3v) is 9.63. The molecule has 0 aliphatic carbocycles. The van der Waals surface area contributed by atoms with Crippen LogP contribution in [0, 0.1) is 11.8 Å². The number of aromatic nitrogens is 1. The van der Waals surface area contributed by atoms with Crippen molar-refractivity contribution >= 4 is 57.5 Å². The van der Waals surface area contributed by atoms with Crippen LogP contribution in [0.15, 0.2) is 72.9 Å². The number of fused-ring (bicyclic) bond motifs is 2. The molecule has 1 fully saturated rings. The fraction of sp³-hybridized carbons (Fsp3) is 0.361. The van der Waals surface area contributed by atoms with E-state index in [-0.39, 0.29) is 29.6 Å². The molecule has 3 amide bonds. The first-order chi connectivity index (χ1) is 22.2. The number of Topliss-reactive ketones (excluding diaryl/α,β-unsaturated/α-hetero) is 1. The molecule has 2 N–H and O–H groups in total. The monoisotopic (exact) mass is 659 g/mol. The van der Waals surface area contributed by atoms with Crippen molar-refractivity contribution in [2.45, 2.75) is 31.7 Å². The van der Waals surface area contributed by atoms with E-state index in [1.807, 2.05) is 67.7 Å². The van der Waals surface area contributed by atoms with Gasteiger partial charge in [0.15, 0.2) is 5.78 Å². The van der Waals surface area contributed by atoms with E-state index in [4.69, 9.17) is 23.2 Å². The molecule has 3 heterocycles. The number of ketones is 1. The highest BCUT2D eigenvalue weighted by atomic mass is 35.5.